The van der Waals surface area contributed by atoms with E-state index in [0.29, 0.717) is 18.8 Å². The first-order valence-electron chi connectivity index (χ1n) is 8.91. The van der Waals surface area contributed by atoms with Gasteiger partial charge in [-0.25, -0.2) is 4.79 Å². The molecule has 0 unspecified atom stereocenters. The fourth-order valence-electron chi connectivity index (χ4n) is 2.92. The van der Waals surface area contributed by atoms with Gasteiger partial charge in [-0.15, -0.1) is 0 Å². The highest BCUT2D eigenvalue weighted by molar-refractivity contribution is 14.1. The number of nitrogens with zero attached hydrogens (tertiary/aromatic N) is 1. The molecular formula is C21H20I2N2O3. The van der Waals surface area contributed by atoms with E-state index in [4.69, 9.17) is 4.74 Å². The van der Waals surface area contributed by atoms with Gasteiger partial charge in [-0.3, -0.25) is 9.69 Å². The summed E-state index contributed by atoms with van der Waals surface area (Å²) in [6.45, 7) is 4.91. The van der Waals surface area contributed by atoms with Crippen LogP contribution in [0, 0.1) is 14.1 Å². The molecule has 0 saturated carbocycles. The third-order valence-corrected chi connectivity index (χ3v) is 5.81. The zero-order valence-electron chi connectivity index (χ0n) is 15.6. The maximum Gasteiger partial charge on any atom is 0.329 e. The fraction of sp³-hybridized carbons (Fsp3) is 0.238. The van der Waals surface area contributed by atoms with Crippen molar-refractivity contribution in [3.05, 3.63) is 65.9 Å². The quantitative estimate of drug-likeness (QED) is 0.285. The van der Waals surface area contributed by atoms with Gasteiger partial charge in [0, 0.05) is 6.54 Å². The number of halogens is 2. The van der Waals surface area contributed by atoms with Crippen molar-refractivity contribution in [1.29, 1.82) is 0 Å². The molecule has 0 atom stereocenters. The number of benzene rings is 2. The van der Waals surface area contributed by atoms with E-state index in [2.05, 4.69) is 69.6 Å². The smallest absolute Gasteiger partial charge is 0.329 e. The number of amides is 3. The predicted octanol–water partition coefficient (Wildman–Crippen LogP) is 5.09. The maximum absolute atomic E-state index is 12.4. The fourth-order valence-corrected chi connectivity index (χ4v) is 5.05. The Morgan fingerprint density at radius 1 is 1.14 bits per heavy atom. The minimum absolute atomic E-state index is 0.281. The van der Waals surface area contributed by atoms with Crippen LogP contribution in [0.4, 0.5) is 4.79 Å². The molecule has 1 fully saturated rings. The largest absolute Gasteiger partial charge is 0.487 e. The van der Waals surface area contributed by atoms with Gasteiger partial charge >= 0.3 is 6.03 Å². The minimum Gasteiger partial charge on any atom is -0.487 e. The Morgan fingerprint density at radius 3 is 2.50 bits per heavy atom. The van der Waals surface area contributed by atoms with E-state index >= 15 is 0 Å². The van der Waals surface area contributed by atoms with Gasteiger partial charge in [0.25, 0.3) is 5.91 Å². The molecule has 1 aliphatic rings. The third-order valence-electron chi connectivity index (χ3n) is 4.21. The summed E-state index contributed by atoms with van der Waals surface area (Å²) in [5.41, 5.74) is 3.47. The summed E-state index contributed by atoms with van der Waals surface area (Å²) in [6.07, 6.45) is 2.44. The predicted molar refractivity (Wildman–Crippen MR) is 126 cm³/mol. The van der Waals surface area contributed by atoms with Crippen LogP contribution >= 0.6 is 45.2 Å². The molecule has 2 aromatic rings. The van der Waals surface area contributed by atoms with E-state index in [0.717, 1.165) is 30.4 Å². The summed E-state index contributed by atoms with van der Waals surface area (Å²) >= 11 is 4.47. The number of ether oxygens (including phenoxy) is 1. The lowest BCUT2D eigenvalue weighted by molar-refractivity contribution is -0.122. The van der Waals surface area contributed by atoms with Gasteiger partial charge < -0.3 is 10.1 Å². The van der Waals surface area contributed by atoms with Gasteiger partial charge in [0.15, 0.2) is 0 Å². The molecule has 5 nitrogen and oxygen atoms in total. The number of nitrogens with one attached hydrogen (secondary N) is 1. The van der Waals surface area contributed by atoms with Crippen molar-refractivity contribution in [2.45, 2.75) is 26.9 Å². The van der Waals surface area contributed by atoms with E-state index < -0.39 is 0 Å². The molecule has 28 heavy (non-hydrogen) atoms. The van der Waals surface area contributed by atoms with Crippen LogP contribution in [0.2, 0.25) is 0 Å². The molecule has 1 saturated heterocycles. The molecule has 0 bridgehead atoms. The van der Waals surface area contributed by atoms with Crippen molar-refractivity contribution in [1.82, 2.24) is 10.2 Å². The summed E-state index contributed by atoms with van der Waals surface area (Å²) in [6, 6.07) is 11.8. The number of aryl methyl sites for hydroxylation is 1. The SMILES string of the molecule is CCCN1C(=O)N/C(=C/c2cc(I)c(OCc3cccc(C)c3)c(I)c2)C1=O. The monoisotopic (exact) mass is 602 g/mol. The Balaban J connectivity index is 1.78. The second-order valence-electron chi connectivity index (χ2n) is 6.54. The van der Waals surface area contributed by atoms with E-state index in [-0.39, 0.29) is 11.9 Å². The molecule has 1 heterocycles. The summed E-state index contributed by atoms with van der Waals surface area (Å²) in [5.74, 6) is 0.538. The zero-order chi connectivity index (χ0) is 20.3. The first kappa shape index (κ1) is 21.1. The standard InChI is InChI=1S/C21H20I2N2O3/c1-3-7-25-20(26)18(24-21(25)27)11-15-9-16(22)19(17(23)10-15)28-12-14-6-4-5-13(2)8-14/h4-6,8-11H,3,7,12H2,1-2H3,(H,24,27)/b18-11+. The van der Waals surface area contributed by atoms with Crippen molar-refractivity contribution in [3.63, 3.8) is 0 Å². The average Bonchev–Trinajstić information content (AvgIpc) is 2.89. The Labute approximate surface area is 191 Å². The number of urea groups is 1. The van der Waals surface area contributed by atoms with Crippen LogP contribution in [0.15, 0.2) is 42.1 Å². The van der Waals surface area contributed by atoms with Crippen LogP contribution < -0.4 is 10.1 Å². The molecule has 3 rings (SSSR count). The molecule has 7 heteroatoms. The Bertz CT molecular complexity index is 933. The van der Waals surface area contributed by atoms with Crippen LogP contribution in [0.1, 0.15) is 30.0 Å². The lowest BCUT2D eigenvalue weighted by Crippen LogP contribution is -2.31. The molecule has 1 aliphatic heterocycles. The van der Waals surface area contributed by atoms with Crippen LogP contribution in [-0.4, -0.2) is 23.4 Å². The first-order valence-corrected chi connectivity index (χ1v) is 11.1. The highest BCUT2D eigenvalue weighted by atomic mass is 127. The van der Waals surface area contributed by atoms with E-state index in [1.54, 1.807) is 6.08 Å². The number of hydrogen-bond acceptors (Lipinski definition) is 3. The van der Waals surface area contributed by atoms with Crippen LogP contribution in [0.3, 0.4) is 0 Å². The summed E-state index contributed by atoms with van der Waals surface area (Å²) in [5, 5.41) is 2.65. The Kier molecular flexibility index (Phi) is 6.97. The Morgan fingerprint density at radius 2 is 1.86 bits per heavy atom. The lowest BCUT2D eigenvalue weighted by Gasteiger charge is -2.12. The topological polar surface area (TPSA) is 58.6 Å². The number of imide groups is 1. The Hall–Kier alpha value is -1.62. The number of carbonyl (C=O) groups excluding carboxylic acids is 2. The minimum atomic E-state index is -0.361. The van der Waals surface area contributed by atoms with Gasteiger partial charge in [0.1, 0.15) is 18.1 Å². The van der Waals surface area contributed by atoms with Crippen LogP contribution in [0.5, 0.6) is 5.75 Å². The molecule has 1 N–H and O–H groups in total. The number of carbonyl (C=O) groups is 2. The van der Waals surface area contributed by atoms with Crippen molar-refractivity contribution in [3.8, 4) is 5.75 Å². The highest BCUT2D eigenvalue weighted by Gasteiger charge is 2.32. The highest BCUT2D eigenvalue weighted by Crippen LogP contribution is 2.31. The molecule has 0 radical (unpaired) electrons. The molecular weight excluding hydrogens is 582 g/mol. The third kappa shape index (κ3) is 4.86. The summed E-state index contributed by atoms with van der Waals surface area (Å²) < 4.78 is 7.94. The normalized spacial score (nSPS) is 15.3. The second-order valence-corrected chi connectivity index (χ2v) is 8.86. The zero-order valence-corrected chi connectivity index (χ0v) is 19.9. The molecule has 0 aromatic heterocycles. The lowest BCUT2D eigenvalue weighted by atomic mass is 10.1. The molecule has 0 spiro atoms. The van der Waals surface area contributed by atoms with E-state index in [1.165, 1.54) is 10.5 Å². The van der Waals surface area contributed by atoms with Gasteiger partial charge in [-0.1, -0.05) is 36.8 Å². The molecule has 0 aliphatic carbocycles. The summed E-state index contributed by atoms with van der Waals surface area (Å²) in [7, 11) is 0. The first-order chi connectivity index (χ1) is 13.4. The molecule has 2 aromatic carbocycles. The van der Waals surface area contributed by atoms with Crippen molar-refractivity contribution in [2.75, 3.05) is 6.54 Å². The summed E-state index contributed by atoms with van der Waals surface area (Å²) in [4.78, 5) is 25.6. The van der Waals surface area contributed by atoms with Crippen LogP contribution in [-0.2, 0) is 11.4 Å². The molecule has 146 valence electrons. The van der Waals surface area contributed by atoms with Crippen molar-refractivity contribution >= 4 is 63.2 Å². The van der Waals surface area contributed by atoms with Crippen molar-refractivity contribution in [2.24, 2.45) is 0 Å². The van der Waals surface area contributed by atoms with Gasteiger partial charge in [0.2, 0.25) is 0 Å². The molecule has 3 amide bonds. The van der Waals surface area contributed by atoms with Gasteiger partial charge in [0.05, 0.1) is 7.14 Å². The van der Waals surface area contributed by atoms with Crippen LogP contribution in [0.25, 0.3) is 6.08 Å². The maximum atomic E-state index is 12.4. The van der Waals surface area contributed by atoms with Gasteiger partial charge in [-0.2, -0.15) is 0 Å². The van der Waals surface area contributed by atoms with Crippen molar-refractivity contribution < 1.29 is 14.3 Å². The average molecular weight is 602 g/mol. The number of rotatable bonds is 6. The number of hydrogen-bond donors (Lipinski definition) is 1. The van der Waals surface area contributed by atoms with E-state index in [1.807, 2.05) is 31.2 Å². The second kappa shape index (κ2) is 9.25. The van der Waals surface area contributed by atoms with Gasteiger partial charge in [-0.05, 0) is 87.9 Å². The van der Waals surface area contributed by atoms with E-state index in [9.17, 15) is 9.59 Å².